The van der Waals surface area contributed by atoms with Crippen molar-refractivity contribution in [2.24, 2.45) is 5.92 Å². The Morgan fingerprint density at radius 2 is 1.21 bits per heavy atom. The maximum absolute atomic E-state index is 11.3. The van der Waals surface area contributed by atoms with Crippen LogP contribution in [0.25, 0.3) is 0 Å². The summed E-state index contributed by atoms with van der Waals surface area (Å²) in [5.41, 5.74) is 0.699. The van der Waals surface area contributed by atoms with E-state index in [0.29, 0.717) is 0 Å². The Bertz CT molecular complexity index is 468. The van der Waals surface area contributed by atoms with Crippen molar-refractivity contribution in [3.8, 4) is 0 Å². The molecule has 100 valence electrons. The number of benzene rings is 2. The minimum absolute atomic E-state index is 0.169. The third kappa shape index (κ3) is 2.70. The van der Waals surface area contributed by atoms with E-state index in [4.69, 9.17) is 0 Å². The quantitative estimate of drug-likeness (QED) is 0.809. The molecule has 0 heterocycles. The zero-order valence-electron chi connectivity index (χ0n) is 11.3. The zero-order chi connectivity index (χ0) is 13.9. The fourth-order valence-corrected chi connectivity index (χ4v) is 2.67. The van der Waals surface area contributed by atoms with E-state index in [0.717, 1.165) is 11.1 Å². The molecule has 0 aliphatic rings. The average Bonchev–Trinajstić information content (AvgIpc) is 2.47. The molecule has 0 fully saturated rings. The Morgan fingerprint density at radius 1 is 0.842 bits per heavy atom. The SMILES string of the molecule is CC(C)[C@H](S)C(O)(c1ccccc1)c1ccccc1. The zero-order valence-corrected chi connectivity index (χ0v) is 12.2. The molecule has 0 unspecified atom stereocenters. The highest BCUT2D eigenvalue weighted by molar-refractivity contribution is 7.81. The summed E-state index contributed by atoms with van der Waals surface area (Å²) in [6.07, 6.45) is 0. The third-order valence-corrected chi connectivity index (χ3v) is 4.46. The standard InChI is InChI=1S/C17H20OS/c1-13(2)16(19)17(18,14-9-5-3-6-10-14)15-11-7-4-8-12-15/h3-13,16,18-19H,1-2H3/t16-/m0/s1. The van der Waals surface area contributed by atoms with Crippen LogP contribution in [0.4, 0.5) is 0 Å². The summed E-state index contributed by atoms with van der Waals surface area (Å²) in [4.78, 5) is 0. The maximum Gasteiger partial charge on any atom is 0.126 e. The highest BCUT2D eigenvalue weighted by Gasteiger charge is 2.39. The Labute approximate surface area is 120 Å². The van der Waals surface area contributed by atoms with Crippen LogP contribution in [0.15, 0.2) is 60.7 Å². The number of thiol groups is 1. The van der Waals surface area contributed by atoms with Crippen molar-refractivity contribution < 1.29 is 5.11 Å². The normalized spacial score (nSPS) is 13.5. The highest BCUT2D eigenvalue weighted by Crippen LogP contribution is 2.38. The predicted octanol–water partition coefficient (Wildman–Crippen LogP) is 3.88. The van der Waals surface area contributed by atoms with Gasteiger partial charge in [-0.3, -0.25) is 0 Å². The van der Waals surface area contributed by atoms with Crippen LogP contribution >= 0.6 is 12.6 Å². The van der Waals surface area contributed by atoms with Crippen LogP contribution in [0, 0.1) is 5.92 Å². The number of rotatable bonds is 4. The maximum atomic E-state index is 11.3. The van der Waals surface area contributed by atoms with Gasteiger partial charge in [-0.05, 0) is 17.0 Å². The second-order valence-corrected chi connectivity index (χ2v) is 5.74. The molecule has 0 saturated heterocycles. The van der Waals surface area contributed by atoms with Crippen molar-refractivity contribution in [2.75, 3.05) is 0 Å². The van der Waals surface area contributed by atoms with Crippen molar-refractivity contribution in [3.63, 3.8) is 0 Å². The number of aliphatic hydroxyl groups is 1. The summed E-state index contributed by atoms with van der Waals surface area (Å²) in [6, 6.07) is 19.5. The molecule has 2 aromatic rings. The molecule has 0 saturated carbocycles. The summed E-state index contributed by atoms with van der Waals surface area (Å²) in [5, 5.41) is 11.1. The predicted molar refractivity (Wildman–Crippen MR) is 83.5 cm³/mol. The van der Waals surface area contributed by atoms with Crippen LogP contribution in [0.2, 0.25) is 0 Å². The smallest absolute Gasteiger partial charge is 0.126 e. The Morgan fingerprint density at radius 3 is 1.53 bits per heavy atom. The van der Waals surface area contributed by atoms with Gasteiger partial charge in [0.2, 0.25) is 0 Å². The summed E-state index contributed by atoms with van der Waals surface area (Å²) in [5.74, 6) is 0.258. The first-order valence-electron chi connectivity index (χ1n) is 6.58. The van der Waals surface area contributed by atoms with E-state index < -0.39 is 5.60 Å². The minimum Gasteiger partial charge on any atom is -0.379 e. The van der Waals surface area contributed by atoms with Crippen molar-refractivity contribution in [3.05, 3.63) is 71.8 Å². The summed E-state index contributed by atoms with van der Waals surface area (Å²) >= 11 is 4.68. The summed E-state index contributed by atoms with van der Waals surface area (Å²) in [6.45, 7) is 4.16. The van der Waals surface area contributed by atoms with Gasteiger partial charge in [0.1, 0.15) is 5.60 Å². The summed E-state index contributed by atoms with van der Waals surface area (Å²) in [7, 11) is 0. The van der Waals surface area contributed by atoms with Gasteiger partial charge in [-0.15, -0.1) is 0 Å². The van der Waals surface area contributed by atoms with Gasteiger partial charge in [0.25, 0.3) is 0 Å². The monoisotopic (exact) mass is 272 g/mol. The molecule has 1 atom stereocenters. The highest BCUT2D eigenvalue weighted by atomic mass is 32.1. The van der Waals surface area contributed by atoms with Gasteiger partial charge >= 0.3 is 0 Å². The van der Waals surface area contributed by atoms with E-state index in [1.165, 1.54) is 0 Å². The first-order chi connectivity index (χ1) is 9.06. The van der Waals surface area contributed by atoms with Crippen LogP contribution < -0.4 is 0 Å². The van der Waals surface area contributed by atoms with Crippen LogP contribution in [-0.4, -0.2) is 10.4 Å². The average molecular weight is 272 g/mol. The van der Waals surface area contributed by atoms with E-state index in [1.54, 1.807) is 0 Å². The van der Waals surface area contributed by atoms with Gasteiger partial charge < -0.3 is 5.11 Å². The van der Waals surface area contributed by atoms with E-state index in [-0.39, 0.29) is 11.2 Å². The number of hydrogen-bond donors (Lipinski definition) is 2. The molecule has 1 N–H and O–H groups in total. The van der Waals surface area contributed by atoms with Crippen molar-refractivity contribution >= 4 is 12.6 Å². The van der Waals surface area contributed by atoms with E-state index in [9.17, 15) is 5.11 Å². The Hall–Kier alpha value is -1.25. The molecule has 0 bridgehead atoms. The lowest BCUT2D eigenvalue weighted by molar-refractivity contribution is 0.0655. The molecule has 0 spiro atoms. The lowest BCUT2D eigenvalue weighted by Gasteiger charge is -2.37. The fourth-order valence-electron chi connectivity index (χ4n) is 2.38. The second-order valence-electron chi connectivity index (χ2n) is 5.19. The molecular formula is C17H20OS. The topological polar surface area (TPSA) is 20.2 Å². The van der Waals surface area contributed by atoms with Crippen molar-refractivity contribution in [1.29, 1.82) is 0 Å². The van der Waals surface area contributed by atoms with Gasteiger partial charge in [-0.1, -0.05) is 74.5 Å². The molecule has 2 aromatic carbocycles. The molecular weight excluding hydrogens is 252 g/mol. The lowest BCUT2D eigenvalue weighted by atomic mass is 9.79. The van der Waals surface area contributed by atoms with Gasteiger partial charge in [0.15, 0.2) is 0 Å². The molecule has 0 amide bonds. The van der Waals surface area contributed by atoms with Crippen LogP contribution in [0.5, 0.6) is 0 Å². The van der Waals surface area contributed by atoms with Gasteiger partial charge in [-0.25, -0.2) is 0 Å². The first kappa shape index (κ1) is 14.2. The van der Waals surface area contributed by atoms with E-state index in [2.05, 4.69) is 26.5 Å². The molecule has 0 aliphatic heterocycles. The van der Waals surface area contributed by atoms with Crippen molar-refractivity contribution in [1.82, 2.24) is 0 Å². The van der Waals surface area contributed by atoms with E-state index in [1.807, 2.05) is 60.7 Å². The molecule has 19 heavy (non-hydrogen) atoms. The molecule has 0 radical (unpaired) electrons. The lowest BCUT2D eigenvalue weighted by Crippen LogP contribution is -2.40. The van der Waals surface area contributed by atoms with Gasteiger partial charge in [0, 0.05) is 5.25 Å². The number of hydrogen-bond acceptors (Lipinski definition) is 2. The van der Waals surface area contributed by atoms with Crippen LogP contribution in [0.1, 0.15) is 25.0 Å². The van der Waals surface area contributed by atoms with Crippen LogP contribution in [0.3, 0.4) is 0 Å². The van der Waals surface area contributed by atoms with Gasteiger partial charge in [-0.2, -0.15) is 12.6 Å². The molecule has 1 nitrogen and oxygen atoms in total. The molecule has 2 heteroatoms. The van der Waals surface area contributed by atoms with E-state index >= 15 is 0 Å². The first-order valence-corrected chi connectivity index (χ1v) is 7.10. The third-order valence-electron chi connectivity index (χ3n) is 3.49. The minimum atomic E-state index is -1.07. The van der Waals surface area contributed by atoms with Crippen LogP contribution in [-0.2, 0) is 5.60 Å². The molecule has 2 rings (SSSR count). The second kappa shape index (κ2) is 5.81. The Balaban J connectivity index is 2.57. The van der Waals surface area contributed by atoms with Gasteiger partial charge in [0.05, 0.1) is 0 Å². The molecule has 0 aromatic heterocycles. The molecule has 0 aliphatic carbocycles. The fraction of sp³-hybridized carbons (Fsp3) is 0.294. The Kier molecular flexibility index (Phi) is 4.33. The van der Waals surface area contributed by atoms with Crippen molar-refractivity contribution in [2.45, 2.75) is 24.7 Å². The largest absolute Gasteiger partial charge is 0.379 e. The summed E-state index contributed by atoms with van der Waals surface area (Å²) < 4.78 is 0.